The van der Waals surface area contributed by atoms with Crippen molar-refractivity contribution in [3.63, 3.8) is 0 Å². The van der Waals surface area contributed by atoms with Crippen molar-refractivity contribution in [2.75, 3.05) is 11.5 Å². The molecule has 0 saturated carbocycles. The molecule has 3 heterocycles. The molecule has 1 aliphatic carbocycles. The van der Waals surface area contributed by atoms with Crippen LogP contribution >= 0.6 is 0 Å². The number of aliphatic hydroxyl groups is 1. The summed E-state index contributed by atoms with van der Waals surface area (Å²) in [7, 11) is 0. The minimum atomic E-state index is -0.499. The van der Waals surface area contributed by atoms with E-state index in [9.17, 15) is 9.90 Å². The lowest BCUT2D eigenvalue weighted by Crippen LogP contribution is -2.22. The second-order valence-corrected chi connectivity index (χ2v) is 10.9. The smallest absolute Gasteiger partial charge is 0.251 e. The summed E-state index contributed by atoms with van der Waals surface area (Å²) in [6.45, 7) is 4.22. The molecule has 6 N–H and O–H groups in total. The zero-order valence-electron chi connectivity index (χ0n) is 24.9. The molecule has 0 fully saturated rings. The first kappa shape index (κ1) is 29.4. The van der Waals surface area contributed by atoms with E-state index in [1.807, 2.05) is 86.7 Å². The molecular formula is C34H33N9O2. The Labute approximate surface area is 259 Å². The lowest BCUT2D eigenvalue weighted by atomic mass is 10.1. The number of aromatic nitrogens is 6. The molecule has 0 bridgehead atoms. The molecule has 11 heteroatoms. The quantitative estimate of drug-likeness (QED) is 0.205. The third-order valence-electron chi connectivity index (χ3n) is 7.94. The zero-order chi connectivity index (χ0) is 31.5. The summed E-state index contributed by atoms with van der Waals surface area (Å²) in [4.78, 5) is 29.0. The van der Waals surface area contributed by atoms with Gasteiger partial charge in [0.25, 0.3) is 5.91 Å². The molecule has 1 aliphatic rings. The number of nitrogens with zero attached hydrogens (tertiary/aromatic N) is 6. The Morgan fingerprint density at radius 1 is 0.911 bits per heavy atom. The summed E-state index contributed by atoms with van der Waals surface area (Å²) < 4.78 is 1.80. The molecule has 3 aromatic heterocycles. The maximum Gasteiger partial charge on any atom is 0.251 e. The summed E-state index contributed by atoms with van der Waals surface area (Å²) in [5.41, 5.74) is 17.4. The Hall–Kier alpha value is -5.68. The first-order valence-electron chi connectivity index (χ1n) is 14.5. The normalized spacial score (nSPS) is 15.6. The molecule has 2 atom stereocenters. The van der Waals surface area contributed by atoms with Crippen LogP contribution in [0.5, 0.6) is 0 Å². The van der Waals surface area contributed by atoms with Gasteiger partial charge in [0.15, 0.2) is 5.65 Å². The van der Waals surface area contributed by atoms with E-state index in [0.717, 1.165) is 33.2 Å². The molecule has 6 aromatic rings. The maximum absolute atomic E-state index is 12.7. The van der Waals surface area contributed by atoms with Gasteiger partial charge in [-0.05, 0) is 42.3 Å². The van der Waals surface area contributed by atoms with Gasteiger partial charge in [-0.1, -0.05) is 66.7 Å². The van der Waals surface area contributed by atoms with Gasteiger partial charge < -0.3 is 21.9 Å². The van der Waals surface area contributed by atoms with Crippen molar-refractivity contribution in [1.82, 2.24) is 35.0 Å². The molecule has 0 aliphatic heterocycles. The molecule has 7 rings (SSSR count). The fourth-order valence-corrected chi connectivity index (χ4v) is 5.22. The predicted octanol–water partition coefficient (Wildman–Crippen LogP) is 4.70. The van der Waals surface area contributed by atoms with Gasteiger partial charge in [0.2, 0.25) is 0 Å². The minimum Gasteiger partial charge on any atom is -0.389 e. The van der Waals surface area contributed by atoms with Crippen molar-refractivity contribution in [2.24, 2.45) is 0 Å². The number of carbonyl (C=O) groups is 1. The first-order chi connectivity index (χ1) is 21.8. The van der Waals surface area contributed by atoms with E-state index < -0.39 is 6.10 Å². The van der Waals surface area contributed by atoms with E-state index in [4.69, 9.17) is 16.6 Å². The molecule has 0 saturated heterocycles. The number of amides is 1. The number of allylic oxidation sites excluding steroid dienone is 1. The summed E-state index contributed by atoms with van der Waals surface area (Å²) >= 11 is 0. The molecule has 2 unspecified atom stereocenters. The van der Waals surface area contributed by atoms with Gasteiger partial charge in [0, 0.05) is 35.3 Å². The van der Waals surface area contributed by atoms with Crippen molar-refractivity contribution >= 4 is 39.3 Å². The number of anilines is 2. The Bertz CT molecular complexity index is 2020. The van der Waals surface area contributed by atoms with Crippen molar-refractivity contribution in [2.45, 2.75) is 39.0 Å². The average Bonchev–Trinajstić information content (AvgIpc) is 3.67. The highest BCUT2D eigenvalue weighted by molar-refractivity contribution is 5.99. The van der Waals surface area contributed by atoms with Crippen LogP contribution in [0.15, 0.2) is 91.5 Å². The van der Waals surface area contributed by atoms with Crippen LogP contribution in [-0.4, -0.2) is 46.8 Å². The number of hydrogen-bond acceptors (Lipinski definition) is 9. The fourth-order valence-electron chi connectivity index (χ4n) is 5.22. The second-order valence-electron chi connectivity index (χ2n) is 10.9. The van der Waals surface area contributed by atoms with Gasteiger partial charge >= 0.3 is 0 Å². The molecule has 3 aromatic carbocycles. The number of benzene rings is 3. The van der Waals surface area contributed by atoms with Gasteiger partial charge in [-0.3, -0.25) is 4.79 Å². The third kappa shape index (κ3) is 6.20. The largest absolute Gasteiger partial charge is 0.389 e. The Morgan fingerprint density at radius 3 is 2.36 bits per heavy atom. The lowest BCUT2D eigenvalue weighted by molar-refractivity contribution is 0.0951. The van der Waals surface area contributed by atoms with Crippen molar-refractivity contribution in [1.29, 1.82) is 0 Å². The summed E-state index contributed by atoms with van der Waals surface area (Å²) in [6, 6.07) is 21.4. The van der Waals surface area contributed by atoms with Crippen LogP contribution in [-0.2, 0) is 6.54 Å². The number of carbonyl (C=O) groups excluding carboxylic acids is 1. The fraction of sp³-hybridized carbons (Fsp3) is 0.176. The average molecular weight is 600 g/mol. The minimum absolute atomic E-state index is 0.102. The van der Waals surface area contributed by atoms with E-state index in [2.05, 4.69) is 25.3 Å². The molecule has 11 nitrogen and oxygen atoms in total. The van der Waals surface area contributed by atoms with Crippen molar-refractivity contribution in [3.05, 3.63) is 114 Å². The number of nitrogen functional groups attached to an aromatic ring is 2. The number of rotatable bonds is 5. The van der Waals surface area contributed by atoms with E-state index in [-0.39, 0.29) is 11.9 Å². The van der Waals surface area contributed by atoms with Crippen LogP contribution in [0.2, 0.25) is 0 Å². The number of hydrogen-bond donors (Lipinski definition) is 4. The highest BCUT2D eigenvalue weighted by Crippen LogP contribution is 2.34. The molecule has 0 spiro atoms. The summed E-state index contributed by atoms with van der Waals surface area (Å²) in [6.07, 6.45) is 6.63. The van der Waals surface area contributed by atoms with Gasteiger partial charge in [-0.15, -0.1) is 0 Å². The Kier molecular flexibility index (Phi) is 8.17. The highest BCUT2D eigenvalue weighted by atomic mass is 16.3. The Morgan fingerprint density at radius 2 is 1.64 bits per heavy atom. The van der Waals surface area contributed by atoms with E-state index in [0.29, 0.717) is 46.9 Å². The maximum atomic E-state index is 12.7. The van der Waals surface area contributed by atoms with E-state index in [1.165, 1.54) is 12.7 Å². The van der Waals surface area contributed by atoms with Gasteiger partial charge in [0.05, 0.1) is 17.5 Å². The molecule has 226 valence electrons. The third-order valence-corrected chi connectivity index (χ3v) is 7.94. The van der Waals surface area contributed by atoms with Crippen LogP contribution in [0.4, 0.5) is 11.6 Å². The van der Waals surface area contributed by atoms with E-state index in [1.54, 1.807) is 10.8 Å². The van der Waals surface area contributed by atoms with Crippen LogP contribution < -0.4 is 16.8 Å². The van der Waals surface area contributed by atoms with Gasteiger partial charge in [0.1, 0.15) is 30.0 Å². The van der Waals surface area contributed by atoms with E-state index >= 15 is 0 Å². The number of fused-ring (bicyclic) bond motifs is 2. The van der Waals surface area contributed by atoms with Crippen molar-refractivity contribution in [3.8, 4) is 11.3 Å². The number of aliphatic hydroxyl groups excluding tert-OH is 1. The van der Waals surface area contributed by atoms with Gasteiger partial charge in [-0.2, -0.15) is 5.10 Å². The first-order valence-corrected chi connectivity index (χ1v) is 14.5. The molecular weight excluding hydrogens is 566 g/mol. The highest BCUT2D eigenvalue weighted by Gasteiger charge is 2.25. The SMILES string of the molecule is Cc1ncnc(N)c1C.Nc1ncnc2c1c(-c1ccc(CNC(=O)c3ccc4ccccc4c3)cc1)nn2C1C=CC(O)C1. The number of aryl methyl sites for hydroxylation is 1. The summed E-state index contributed by atoms with van der Waals surface area (Å²) in [5.74, 6) is 0.810. The predicted molar refractivity (Wildman–Crippen MR) is 175 cm³/mol. The van der Waals surface area contributed by atoms with Crippen molar-refractivity contribution < 1.29 is 9.90 Å². The Balaban J connectivity index is 0.000000343. The topological polar surface area (TPSA) is 171 Å². The number of nitrogens with one attached hydrogen (secondary N) is 1. The van der Waals surface area contributed by atoms with Crippen LogP contribution in [0, 0.1) is 13.8 Å². The standard InChI is InChI=1S/C28H24N6O2.C6H9N3/c29-26-24-25(33-34(27(24)32-16-31-26)22-11-12-23(35)14-22)19-7-5-17(6-8-19)15-30-28(36)21-10-9-18-3-1-2-4-20(18)13-21;1-4-5(2)8-3-9-6(4)7/h1-13,16,22-23,35H,14-15H2,(H,30,36)(H2,29,31,32);3H,1-2H3,(H2,7,8,9). The summed E-state index contributed by atoms with van der Waals surface area (Å²) in [5, 5.41) is 20.6. The van der Waals surface area contributed by atoms with Crippen LogP contribution in [0.25, 0.3) is 33.1 Å². The molecule has 45 heavy (non-hydrogen) atoms. The van der Waals surface area contributed by atoms with Crippen LogP contribution in [0.3, 0.4) is 0 Å². The lowest BCUT2D eigenvalue weighted by Gasteiger charge is -2.10. The second kappa shape index (κ2) is 12.5. The zero-order valence-corrected chi connectivity index (χ0v) is 24.9. The molecule has 0 radical (unpaired) electrons. The molecule has 1 amide bonds. The monoisotopic (exact) mass is 599 g/mol. The van der Waals surface area contributed by atoms with Crippen LogP contribution in [0.1, 0.15) is 39.6 Å². The van der Waals surface area contributed by atoms with Gasteiger partial charge in [-0.25, -0.2) is 24.6 Å². The number of nitrogens with two attached hydrogens (primary N) is 2.